The van der Waals surface area contributed by atoms with Crippen molar-refractivity contribution in [3.05, 3.63) is 29.6 Å². The van der Waals surface area contributed by atoms with Crippen LogP contribution in [0.15, 0.2) is 18.5 Å². The smallest absolute Gasteiger partial charge is 0.210 e. The number of amides is 1. The Morgan fingerprint density at radius 1 is 1.64 bits per heavy atom. The molecule has 3 nitrogen and oxygen atoms in total. The van der Waals surface area contributed by atoms with Gasteiger partial charge in [-0.3, -0.25) is 9.78 Å². The van der Waals surface area contributed by atoms with Gasteiger partial charge in [-0.15, -0.1) is 0 Å². The second kappa shape index (κ2) is 3.78. The highest BCUT2D eigenvalue weighted by atomic mass is 16.1. The lowest BCUT2D eigenvalue weighted by Gasteiger charge is -2.21. The van der Waals surface area contributed by atoms with Crippen LogP contribution in [-0.4, -0.2) is 22.8 Å². The van der Waals surface area contributed by atoms with Crippen molar-refractivity contribution in [3.63, 3.8) is 0 Å². The van der Waals surface area contributed by atoms with Gasteiger partial charge in [0.25, 0.3) is 0 Å². The Labute approximate surface area is 83.8 Å². The number of hydrogen-bond donors (Lipinski definition) is 0. The molecule has 0 aromatic carbocycles. The van der Waals surface area contributed by atoms with Gasteiger partial charge in [-0.2, -0.15) is 0 Å². The molecule has 2 heterocycles. The summed E-state index contributed by atoms with van der Waals surface area (Å²) < 4.78 is 0. The monoisotopic (exact) mass is 190 g/mol. The first kappa shape index (κ1) is 9.19. The molecular weight excluding hydrogens is 176 g/mol. The van der Waals surface area contributed by atoms with Crippen molar-refractivity contribution in [3.8, 4) is 0 Å². The molecular formula is C11H14N2O. The molecule has 1 aliphatic rings. The van der Waals surface area contributed by atoms with Crippen LogP contribution in [0, 0.1) is 6.92 Å². The van der Waals surface area contributed by atoms with E-state index in [1.54, 1.807) is 6.20 Å². The van der Waals surface area contributed by atoms with Gasteiger partial charge < -0.3 is 4.90 Å². The van der Waals surface area contributed by atoms with E-state index in [-0.39, 0.29) is 6.04 Å². The first-order chi connectivity index (χ1) is 6.83. The molecule has 2 rings (SSSR count). The molecule has 1 atom stereocenters. The van der Waals surface area contributed by atoms with Crippen LogP contribution in [0.5, 0.6) is 0 Å². The quantitative estimate of drug-likeness (QED) is 0.665. The normalized spacial score (nSPS) is 21.2. The van der Waals surface area contributed by atoms with Gasteiger partial charge in [0, 0.05) is 18.9 Å². The topological polar surface area (TPSA) is 33.2 Å². The molecule has 1 amide bonds. The highest BCUT2D eigenvalue weighted by Gasteiger charge is 2.25. The Kier molecular flexibility index (Phi) is 2.48. The second-order valence-corrected chi connectivity index (χ2v) is 3.73. The fourth-order valence-corrected chi connectivity index (χ4v) is 2.07. The fraction of sp³-hybridized carbons (Fsp3) is 0.455. The van der Waals surface area contributed by atoms with Crippen molar-refractivity contribution in [1.82, 2.24) is 9.88 Å². The highest BCUT2D eigenvalue weighted by Crippen LogP contribution is 2.31. The summed E-state index contributed by atoms with van der Waals surface area (Å²) in [5.74, 6) is 0. The van der Waals surface area contributed by atoms with Gasteiger partial charge in [0.2, 0.25) is 6.41 Å². The van der Waals surface area contributed by atoms with E-state index in [0.29, 0.717) is 0 Å². The van der Waals surface area contributed by atoms with Crippen LogP contribution < -0.4 is 0 Å². The van der Waals surface area contributed by atoms with E-state index in [4.69, 9.17) is 0 Å². The van der Waals surface area contributed by atoms with Gasteiger partial charge in [0.15, 0.2) is 0 Å². The third-order valence-corrected chi connectivity index (χ3v) is 2.87. The lowest BCUT2D eigenvalue weighted by molar-refractivity contribution is -0.118. The minimum Gasteiger partial charge on any atom is -0.338 e. The van der Waals surface area contributed by atoms with Gasteiger partial charge in [-0.1, -0.05) is 0 Å². The molecule has 1 aromatic heterocycles. The molecule has 0 spiro atoms. The van der Waals surface area contributed by atoms with Gasteiger partial charge in [-0.05, 0) is 37.0 Å². The predicted octanol–water partition coefficient (Wildman–Crippen LogP) is 1.68. The van der Waals surface area contributed by atoms with Crippen molar-refractivity contribution < 1.29 is 4.79 Å². The summed E-state index contributed by atoms with van der Waals surface area (Å²) in [4.78, 5) is 16.8. The van der Waals surface area contributed by atoms with E-state index < -0.39 is 0 Å². The summed E-state index contributed by atoms with van der Waals surface area (Å²) in [6.45, 7) is 2.95. The number of hydrogen-bond acceptors (Lipinski definition) is 2. The van der Waals surface area contributed by atoms with Gasteiger partial charge in [0.1, 0.15) is 0 Å². The maximum Gasteiger partial charge on any atom is 0.210 e. The molecule has 1 aliphatic heterocycles. The summed E-state index contributed by atoms with van der Waals surface area (Å²) >= 11 is 0. The van der Waals surface area contributed by atoms with Crippen LogP contribution in [0.4, 0.5) is 0 Å². The Bertz CT molecular complexity index is 338. The number of aryl methyl sites for hydroxylation is 1. The molecule has 0 saturated carbocycles. The molecule has 0 bridgehead atoms. The van der Waals surface area contributed by atoms with Gasteiger partial charge >= 0.3 is 0 Å². The van der Waals surface area contributed by atoms with Crippen LogP contribution >= 0.6 is 0 Å². The molecule has 74 valence electrons. The number of nitrogens with zero attached hydrogens (tertiary/aromatic N) is 2. The zero-order valence-electron chi connectivity index (χ0n) is 8.31. The largest absolute Gasteiger partial charge is 0.338 e. The van der Waals surface area contributed by atoms with Crippen LogP contribution in [-0.2, 0) is 4.79 Å². The Morgan fingerprint density at radius 2 is 2.50 bits per heavy atom. The molecule has 0 radical (unpaired) electrons. The number of carbonyl (C=O) groups excluding carboxylic acids is 1. The van der Waals surface area contributed by atoms with Crippen LogP contribution in [0.3, 0.4) is 0 Å². The zero-order valence-corrected chi connectivity index (χ0v) is 8.31. The maximum atomic E-state index is 10.8. The number of carbonyl (C=O) groups is 1. The predicted molar refractivity (Wildman–Crippen MR) is 53.7 cm³/mol. The number of rotatable bonds is 2. The van der Waals surface area contributed by atoms with Crippen LogP contribution in [0.2, 0.25) is 0 Å². The molecule has 1 fully saturated rings. The van der Waals surface area contributed by atoms with E-state index in [9.17, 15) is 4.79 Å². The van der Waals surface area contributed by atoms with Crippen molar-refractivity contribution in [2.45, 2.75) is 25.8 Å². The molecule has 1 aromatic rings. The van der Waals surface area contributed by atoms with E-state index in [1.807, 2.05) is 17.2 Å². The summed E-state index contributed by atoms with van der Waals surface area (Å²) in [6, 6.07) is 2.25. The van der Waals surface area contributed by atoms with Gasteiger partial charge in [0.05, 0.1) is 6.04 Å². The van der Waals surface area contributed by atoms with Crippen molar-refractivity contribution in [2.75, 3.05) is 6.54 Å². The maximum absolute atomic E-state index is 10.8. The zero-order chi connectivity index (χ0) is 9.97. The SMILES string of the molecule is Cc1ccncc1C1CCCN1C=O. The third-order valence-electron chi connectivity index (χ3n) is 2.87. The standard InChI is InChI=1S/C11H14N2O/c1-9-4-5-12-7-10(9)11-3-2-6-13(11)8-14/h4-5,7-8,11H,2-3,6H2,1H3. The fourth-order valence-electron chi connectivity index (χ4n) is 2.07. The average molecular weight is 190 g/mol. The van der Waals surface area contributed by atoms with Gasteiger partial charge in [-0.25, -0.2) is 0 Å². The van der Waals surface area contributed by atoms with E-state index in [0.717, 1.165) is 25.8 Å². The molecule has 1 saturated heterocycles. The second-order valence-electron chi connectivity index (χ2n) is 3.73. The molecule has 3 heteroatoms. The minimum atomic E-state index is 0.251. The third kappa shape index (κ3) is 1.50. The summed E-state index contributed by atoms with van der Waals surface area (Å²) in [7, 11) is 0. The summed E-state index contributed by atoms with van der Waals surface area (Å²) in [6.07, 6.45) is 6.77. The first-order valence-electron chi connectivity index (χ1n) is 4.94. The van der Waals surface area contributed by atoms with E-state index >= 15 is 0 Å². The summed E-state index contributed by atoms with van der Waals surface area (Å²) in [5, 5.41) is 0. The van der Waals surface area contributed by atoms with E-state index in [2.05, 4.69) is 11.9 Å². The van der Waals surface area contributed by atoms with E-state index in [1.165, 1.54) is 11.1 Å². The first-order valence-corrected chi connectivity index (χ1v) is 4.94. The molecule has 14 heavy (non-hydrogen) atoms. The lowest BCUT2D eigenvalue weighted by atomic mass is 10.0. The molecule has 0 aliphatic carbocycles. The van der Waals surface area contributed by atoms with Crippen molar-refractivity contribution in [1.29, 1.82) is 0 Å². The lowest BCUT2D eigenvalue weighted by Crippen LogP contribution is -2.21. The molecule has 1 unspecified atom stereocenters. The average Bonchev–Trinajstić information content (AvgIpc) is 2.66. The molecule has 0 N–H and O–H groups in total. The van der Waals surface area contributed by atoms with Crippen LogP contribution in [0.25, 0.3) is 0 Å². The van der Waals surface area contributed by atoms with Crippen LogP contribution in [0.1, 0.15) is 30.0 Å². The number of pyridine rings is 1. The Balaban J connectivity index is 2.30. The van der Waals surface area contributed by atoms with Crippen molar-refractivity contribution in [2.24, 2.45) is 0 Å². The summed E-state index contributed by atoms with van der Waals surface area (Å²) in [5.41, 5.74) is 2.41. The number of likely N-dealkylation sites (tertiary alicyclic amines) is 1. The Morgan fingerprint density at radius 3 is 3.21 bits per heavy atom. The van der Waals surface area contributed by atoms with Crippen molar-refractivity contribution >= 4 is 6.41 Å². The highest BCUT2D eigenvalue weighted by molar-refractivity contribution is 5.50. The minimum absolute atomic E-state index is 0.251. The number of aromatic nitrogens is 1. The Hall–Kier alpha value is -1.38.